The largest absolute Gasteiger partial charge is 0.448 e. The number of fused-ring (bicyclic) bond motifs is 1. The maximum absolute atomic E-state index is 11.4. The van der Waals surface area contributed by atoms with Crippen molar-refractivity contribution in [1.29, 1.82) is 0 Å². The summed E-state index contributed by atoms with van der Waals surface area (Å²) in [5, 5.41) is 9.55. The smallest absolute Gasteiger partial charge is 0.409 e. The van der Waals surface area contributed by atoms with Gasteiger partial charge in [-0.15, -0.1) is 0 Å². The number of hydrogen-bond donors (Lipinski definition) is 1. The van der Waals surface area contributed by atoms with Crippen LogP contribution in [-0.4, -0.2) is 66.4 Å². The Morgan fingerprint density at radius 1 is 1.53 bits per heavy atom. The molecular formula is C12H22N2O3. The Balaban J connectivity index is 1.89. The molecule has 2 atom stereocenters. The summed E-state index contributed by atoms with van der Waals surface area (Å²) in [5.41, 5.74) is -0.0187. The summed E-state index contributed by atoms with van der Waals surface area (Å²) in [7, 11) is 3.37. The summed E-state index contributed by atoms with van der Waals surface area (Å²) >= 11 is 0. The number of aliphatic hydroxyl groups is 1. The second kappa shape index (κ2) is 4.82. The molecule has 0 bridgehead atoms. The second-order valence-electron chi connectivity index (χ2n) is 5.34. The molecular weight excluding hydrogens is 220 g/mol. The van der Waals surface area contributed by atoms with Crippen LogP contribution in [0.1, 0.15) is 25.7 Å². The molecule has 2 fully saturated rings. The molecule has 0 unspecified atom stereocenters. The van der Waals surface area contributed by atoms with Crippen LogP contribution in [0.15, 0.2) is 0 Å². The van der Waals surface area contributed by atoms with Crippen molar-refractivity contribution in [2.75, 3.05) is 33.9 Å². The van der Waals surface area contributed by atoms with E-state index in [1.807, 2.05) is 0 Å². The van der Waals surface area contributed by atoms with Crippen LogP contribution < -0.4 is 0 Å². The molecule has 0 aromatic carbocycles. The summed E-state index contributed by atoms with van der Waals surface area (Å²) in [6.07, 6.45) is 3.96. The van der Waals surface area contributed by atoms with Gasteiger partial charge in [0, 0.05) is 25.7 Å². The van der Waals surface area contributed by atoms with Crippen molar-refractivity contribution in [2.24, 2.45) is 0 Å². The molecule has 1 amide bonds. The van der Waals surface area contributed by atoms with Gasteiger partial charge in [-0.05, 0) is 32.2 Å². The van der Waals surface area contributed by atoms with E-state index in [1.54, 1.807) is 14.1 Å². The number of nitrogens with zero attached hydrogens (tertiary/aromatic N) is 2. The number of carbonyl (C=O) groups is 1. The van der Waals surface area contributed by atoms with Gasteiger partial charge in [-0.2, -0.15) is 0 Å². The molecule has 2 rings (SSSR count). The maximum Gasteiger partial charge on any atom is 0.409 e. The van der Waals surface area contributed by atoms with E-state index in [0.29, 0.717) is 6.61 Å². The molecule has 98 valence electrons. The molecule has 1 N–H and O–H groups in total. The summed E-state index contributed by atoms with van der Waals surface area (Å²) < 4.78 is 5.25. The quantitative estimate of drug-likeness (QED) is 0.790. The van der Waals surface area contributed by atoms with Crippen LogP contribution in [0.2, 0.25) is 0 Å². The predicted molar refractivity (Wildman–Crippen MR) is 63.8 cm³/mol. The number of carbonyl (C=O) groups excluding carboxylic acids is 1. The minimum Gasteiger partial charge on any atom is -0.448 e. The minimum absolute atomic E-state index is 0.0187. The van der Waals surface area contributed by atoms with E-state index >= 15 is 0 Å². The van der Waals surface area contributed by atoms with Crippen LogP contribution >= 0.6 is 0 Å². The normalized spacial score (nSPS) is 32.5. The van der Waals surface area contributed by atoms with Crippen molar-refractivity contribution in [3.63, 3.8) is 0 Å². The van der Waals surface area contributed by atoms with Crippen molar-refractivity contribution < 1.29 is 14.6 Å². The molecule has 5 nitrogen and oxygen atoms in total. The zero-order valence-electron chi connectivity index (χ0n) is 10.7. The van der Waals surface area contributed by atoms with Gasteiger partial charge >= 0.3 is 6.09 Å². The highest BCUT2D eigenvalue weighted by Crippen LogP contribution is 2.41. The Kier molecular flexibility index (Phi) is 3.58. The molecule has 17 heavy (non-hydrogen) atoms. The second-order valence-corrected chi connectivity index (χ2v) is 5.34. The van der Waals surface area contributed by atoms with Crippen molar-refractivity contribution in [3.05, 3.63) is 0 Å². The van der Waals surface area contributed by atoms with E-state index in [4.69, 9.17) is 4.74 Å². The van der Waals surface area contributed by atoms with Gasteiger partial charge in [-0.25, -0.2) is 4.79 Å². The maximum atomic E-state index is 11.4. The molecule has 0 aliphatic carbocycles. The Bertz CT molecular complexity index is 295. The van der Waals surface area contributed by atoms with Gasteiger partial charge < -0.3 is 14.7 Å². The lowest BCUT2D eigenvalue weighted by Gasteiger charge is -2.33. The molecule has 0 radical (unpaired) electrons. The molecule has 0 saturated carbocycles. The van der Waals surface area contributed by atoms with Crippen molar-refractivity contribution in [1.82, 2.24) is 9.80 Å². The van der Waals surface area contributed by atoms with E-state index in [-0.39, 0.29) is 24.3 Å². The first-order chi connectivity index (χ1) is 8.09. The lowest BCUT2D eigenvalue weighted by molar-refractivity contribution is 0.0447. The van der Waals surface area contributed by atoms with Gasteiger partial charge in [-0.3, -0.25) is 4.90 Å². The Hall–Kier alpha value is -0.810. The Morgan fingerprint density at radius 3 is 2.94 bits per heavy atom. The third-order valence-electron chi connectivity index (χ3n) is 4.09. The lowest BCUT2D eigenvalue weighted by atomic mass is 9.95. The Morgan fingerprint density at radius 2 is 2.29 bits per heavy atom. The van der Waals surface area contributed by atoms with Crippen LogP contribution in [0.4, 0.5) is 4.79 Å². The molecule has 2 aliphatic rings. The third kappa shape index (κ3) is 2.26. The van der Waals surface area contributed by atoms with Crippen molar-refractivity contribution in [3.8, 4) is 0 Å². The molecule has 0 spiro atoms. The summed E-state index contributed by atoms with van der Waals surface area (Å²) in [4.78, 5) is 15.2. The van der Waals surface area contributed by atoms with Crippen LogP contribution in [0.5, 0.6) is 0 Å². The highest BCUT2D eigenvalue weighted by molar-refractivity contribution is 5.66. The third-order valence-corrected chi connectivity index (χ3v) is 4.09. The SMILES string of the molecule is CN(C)C(=O)OC[C@H]1CC[C@@]2(CO)CCCN12. The fourth-order valence-electron chi connectivity index (χ4n) is 3.11. The fraction of sp³-hybridized carbons (Fsp3) is 0.917. The number of amides is 1. The first kappa shape index (κ1) is 12.6. The summed E-state index contributed by atoms with van der Waals surface area (Å²) in [6, 6.07) is 0.286. The standard InChI is InChI=1S/C12H22N2O3/c1-13(2)11(16)17-8-10-4-6-12(9-15)5-3-7-14(10)12/h10,15H,3-9H2,1-2H3/t10-,12-/m1/s1. The first-order valence-corrected chi connectivity index (χ1v) is 6.31. The van der Waals surface area contributed by atoms with E-state index in [0.717, 1.165) is 32.2 Å². The number of aliphatic hydroxyl groups excluding tert-OH is 1. The monoisotopic (exact) mass is 242 g/mol. The summed E-state index contributed by atoms with van der Waals surface area (Å²) in [5.74, 6) is 0. The zero-order chi connectivity index (χ0) is 12.5. The fourth-order valence-corrected chi connectivity index (χ4v) is 3.11. The number of hydrogen-bond acceptors (Lipinski definition) is 4. The average Bonchev–Trinajstić information content (AvgIpc) is 2.84. The van der Waals surface area contributed by atoms with Gasteiger partial charge in [0.15, 0.2) is 0 Å². The topological polar surface area (TPSA) is 53.0 Å². The highest BCUT2D eigenvalue weighted by atomic mass is 16.6. The molecule has 2 saturated heterocycles. The van der Waals surface area contributed by atoms with Gasteiger partial charge in [0.2, 0.25) is 0 Å². The Labute approximate surface area is 102 Å². The predicted octanol–water partition coefficient (Wildman–Crippen LogP) is 0.674. The molecule has 0 aromatic heterocycles. The van der Waals surface area contributed by atoms with Gasteiger partial charge in [0.25, 0.3) is 0 Å². The molecule has 0 aromatic rings. The summed E-state index contributed by atoms with van der Waals surface area (Å²) in [6.45, 7) is 1.69. The molecule has 2 aliphatic heterocycles. The van der Waals surface area contributed by atoms with Gasteiger partial charge in [0.1, 0.15) is 6.61 Å². The van der Waals surface area contributed by atoms with E-state index in [1.165, 1.54) is 4.90 Å². The van der Waals surface area contributed by atoms with Crippen LogP contribution in [-0.2, 0) is 4.74 Å². The van der Waals surface area contributed by atoms with Crippen LogP contribution in [0.25, 0.3) is 0 Å². The number of rotatable bonds is 3. The molecule has 2 heterocycles. The highest BCUT2D eigenvalue weighted by Gasteiger charge is 2.48. The van der Waals surface area contributed by atoms with Crippen molar-refractivity contribution >= 4 is 6.09 Å². The van der Waals surface area contributed by atoms with Crippen LogP contribution in [0.3, 0.4) is 0 Å². The average molecular weight is 242 g/mol. The van der Waals surface area contributed by atoms with E-state index in [2.05, 4.69) is 4.90 Å². The molecule has 5 heteroatoms. The lowest BCUT2D eigenvalue weighted by Crippen LogP contribution is -2.46. The van der Waals surface area contributed by atoms with Crippen LogP contribution in [0, 0.1) is 0 Å². The van der Waals surface area contributed by atoms with Crippen molar-refractivity contribution in [2.45, 2.75) is 37.3 Å². The van der Waals surface area contributed by atoms with E-state index in [9.17, 15) is 9.90 Å². The van der Waals surface area contributed by atoms with Gasteiger partial charge in [-0.1, -0.05) is 0 Å². The number of ether oxygens (including phenoxy) is 1. The zero-order valence-corrected chi connectivity index (χ0v) is 10.7. The first-order valence-electron chi connectivity index (χ1n) is 6.31. The van der Waals surface area contributed by atoms with E-state index < -0.39 is 0 Å². The minimum atomic E-state index is -0.286. The van der Waals surface area contributed by atoms with Gasteiger partial charge in [0.05, 0.1) is 6.61 Å².